The Hall–Kier alpha value is -3.09. The molecule has 0 heterocycles. The summed E-state index contributed by atoms with van der Waals surface area (Å²) in [5.41, 5.74) is 2.17. The van der Waals surface area contributed by atoms with Crippen LogP contribution in [-0.2, 0) is 11.4 Å². The number of aromatic hydroxyl groups is 1. The summed E-state index contributed by atoms with van der Waals surface area (Å²) in [6.45, 7) is 1.96. The highest BCUT2D eigenvalue weighted by Gasteiger charge is 2.06. The Balaban J connectivity index is 2.00. The number of phenols is 1. The summed E-state index contributed by atoms with van der Waals surface area (Å²) in [6, 6.07) is 10.9. The van der Waals surface area contributed by atoms with Crippen LogP contribution < -0.4 is 4.74 Å². The van der Waals surface area contributed by atoms with Crippen LogP contribution in [0, 0.1) is 10.1 Å². The van der Waals surface area contributed by atoms with Crippen LogP contribution in [0.3, 0.4) is 0 Å². The zero-order valence-corrected chi connectivity index (χ0v) is 12.7. The lowest BCUT2D eigenvalue weighted by atomic mass is 10.1. The molecule has 0 aliphatic rings. The maximum atomic E-state index is 10.6. The minimum Gasteiger partial charge on any atom is -0.504 e. The van der Waals surface area contributed by atoms with Gasteiger partial charge in [0, 0.05) is 17.7 Å². The number of phenolic OH excluding ortho intramolecular Hbond substituents is 1. The summed E-state index contributed by atoms with van der Waals surface area (Å²) in [6.07, 6.45) is 0. The summed E-state index contributed by atoms with van der Waals surface area (Å²) in [7, 11) is 1.47. The molecule has 0 radical (unpaired) electrons. The van der Waals surface area contributed by atoms with Gasteiger partial charge >= 0.3 is 0 Å². The molecule has 2 aromatic rings. The quantitative estimate of drug-likeness (QED) is 0.501. The zero-order chi connectivity index (χ0) is 16.8. The lowest BCUT2D eigenvalue weighted by Crippen LogP contribution is -1.98. The molecule has 7 nitrogen and oxygen atoms in total. The fourth-order valence-electron chi connectivity index (χ4n) is 1.87. The molecule has 0 unspecified atom stereocenters. The van der Waals surface area contributed by atoms with Crippen molar-refractivity contribution < 1.29 is 19.6 Å². The van der Waals surface area contributed by atoms with Gasteiger partial charge in [-0.25, -0.2) is 0 Å². The number of benzene rings is 2. The van der Waals surface area contributed by atoms with E-state index in [9.17, 15) is 15.2 Å². The van der Waals surface area contributed by atoms with Crippen LogP contribution in [0.15, 0.2) is 47.6 Å². The van der Waals surface area contributed by atoms with E-state index < -0.39 is 4.92 Å². The Morgan fingerprint density at radius 1 is 1.26 bits per heavy atom. The molecule has 0 amide bonds. The highest BCUT2D eigenvalue weighted by molar-refractivity contribution is 5.98. The molecule has 0 spiro atoms. The van der Waals surface area contributed by atoms with Crippen LogP contribution in [0.25, 0.3) is 0 Å². The summed E-state index contributed by atoms with van der Waals surface area (Å²) in [4.78, 5) is 15.4. The normalized spacial score (nSPS) is 11.1. The third kappa shape index (κ3) is 4.19. The number of oxime groups is 1. The van der Waals surface area contributed by atoms with Gasteiger partial charge < -0.3 is 14.7 Å². The van der Waals surface area contributed by atoms with E-state index in [0.29, 0.717) is 11.5 Å². The first-order chi connectivity index (χ1) is 11.0. The van der Waals surface area contributed by atoms with Gasteiger partial charge in [0.1, 0.15) is 6.61 Å². The van der Waals surface area contributed by atoms with E-state index in [1.807, 2.05) is 0 Å². The number of methoxy groups -OCH3 is 1. The van der Waals surface area contributed by atoms with Gasteiger partial charge in [-0.1, -0.05) is 5.16 Å². The third-order valence-electron chi connectivity index (χ3n) is 3.18. The number of nitro benzene ring substituents is 1. The average molecular weight is 316 g/mol. The van der Waals surface area contributed by atoms with Gasteiger partial charge in [-0.15, -0.1) is 0 Å². The second-order valence-electron chi connectivity index (χ2n) is 4.76. The fraction of sp³-hybridized carbons (Fsp3) is 0.188. The Bertz CT molecular complexity index is 726. The van der Waals surface area contributed by atoms with Crippen molar-refractivity contribution in [2.75, 3.05) is 7.11 Å². The van der Waals surface area contributed by atoms with E-state index in [1.54, 1.807) is 31.2 Å². The number of hydrogen-bond donors (Lipinski definition) is 1. The molecule has 0 saturated carbocycles. The molecule has 0 atom stereocenters. The summed E-state index contributed by atoms with van der Waals surface area (Å²) in [5.74, 6) is 0.406. The third-order valence-corrected chi connectivity index (χ3v) is 3.18. The smallest absolute Gasteiger partial charge is 0.269 e. The minimum absolute atomic E-state index is 0.0321. The van der Waals surface area contributed by atoms with Crippen LogP contribution in [0.4, 0.5) is 5.69 Å². The maximum absolute atomic E-state index is 10.6. The highest BCUT2D eigenvalue weighted by atomic mass is 16.6. The van der Waals surface area contributed by atoms with Crippen LogP contribution in [0.1, 0.15) is 18.1 Å². The fourth-order valence-corrected chi connectivity index (χ4v) is 1.87. The molecule has 0 bridgehead atoms. The first-order valence-corrected chi connectivity index (χ1v) is 6.78. The van der Waals surface area contributed by atoms with E-state index in [4.69, 9.17) is 9.57 Å². The van der Waals surface area contributed by atoms with Gasteiger partial charge in [0.2, 0.25) is 0 Å². The second-order valence-corrected chi connectivity index (χ2v) is 4.76. The van der Waals surface area contributed by atoms with Crippen molar-refractivity contribution in [3.05, 3.63) is 63.7 Å². The predicted molar refractivity (Wildman–Crippen MR) is 84.8 cm³/mol. The maximum Gasteiger partial charge on any atom is 0.269 e. The molecule has 0 aliphatic carbocycles. The van der Waals surface area contributed by atoms with Crippen molar-refractivity contribution in [3.8, 4) is 11.5 Å². The van der Waals surface area contributed by atoms with Crippen molar-refractivity contribution >= 4 is 11.4 Å². The minimum atomic E-state index is -0.453. The van der Waals surface area contributed by atoms with Crippen molar-refractivity contribution in [2.24, 2.45) is 5.16 Å². The van der Waals surface area contributed by atoms with E-state index in [1.165, 1.54) is 25.3 Å². The molecule has 2 aromatic carbocycles. The molecule has 23 heavy (non-hydrogen) atoms. The first-order valence-electron chi connectivity index (χ1n) is 6.78. The van der Waals surface area contributed by atoms with Crippen molar-refractivity contribution in [1.82, 2.24) is 0 Å². The van der Waals surface area contributed by atoms with Gasteiger partial charge in [-0.2, -0.15) is 0 Å². The molecule has 2 rings (SSSR count). The Morgan fingerprint density at radius 2 is 1.96 bits per heavy atom. The van der Waals surface area contributed by atoms with Gasteiger partial charge in [0.25, 0.3) is 5.69 Å². The lowest BCUT2D eigenvalue weighted by molar-refractivity contribution is -0.384. The Labute approximate surface area is 132 Å². The molecular formula is C16H16N2O5. The SMILES string of the molecule is COc1cc(/C(C)=N/OCc2ccc([N+](=O)[O-])cc2)ccc1O. The molecule has 1 N–H and O–H groups in total. The number of non-ortho nitro benzene ring substituents is 1. The Kier molecular flexibility index (Phi) is 5.14. The van der Waals surface area contributed by atoms with E-state index in [2.05, 4.69) is 5.16 Å². The van der Waals surface area contributed by atoms with Gasteiger partial charge in [-0.05, 0) is 42.8 Å². The molecule has 0 aromatic heterocycles. The summed E-state index contributed by atoms with van der Waals surface area (Å²) < 4.78 is 5.04. The van der Waals surface area contributed by atoms with Crippen LogP contribution >= 0.6 is 0 Å². The second kappa shape index (κ2) is 7.26. The van der Waals surface area contributed by atoms with E-state index >= 15 is 0 Å². The highest BCUT2D eigenvalue weighted by Crippen LogP contribution is 2.26. The largest absolute Gasteiger partial charge is 0.504 e. The number of ether oxygens (including phenoxy) is 1. The van der Waals surface area contributed by atoms with Gasteiger partial charge in [0.05, 0.1) is 17.7 Å². The van der Waals surface area contributed by atoms with E-state index in [-0.39, 0.29) is 18.0 Å². The molecule has 120 valence electrons. The predicted octanol–water partition coefficient (Wildman–Crippen LogP) is 3.25. The zero-order valence-electron chi connectivity index (χ0n) is 12.7. The lowest BCUT2D eigenvalue weighted by Gasteiger charge is -2.06. The molecular weight excluding hydrogens is 300 g/mol. The number of rotatable bonds is 6. The van der Waals surface area contributed by atoms with E-state index in [0.717, 1.165) is 11.1 Å². The Morgan fingerprint density at radius 3 is 2.57 bits per heavy atom. The van der Waals surface area contributed by atoms with Gasteiger partial charge in [0.15, 0.2) is 11.5 Å². The summed E-state index contributed by atoms with van der Waals surface area (Å²) >= 11 is 0. The van der Waals surface area contributed by atoms with Crippen molar-refractivity contribution in [2.45, 2.75) is 13.5 Å². The monoisotopic (exact) mass is 316 g/mol. The molecule has 0 fully saturated rings. The number of nitro groups is 1. The summed E-state index contributed by atoms with van der Waals surface area (Å²) in [5, 5.41) is 24.1. The van der Waals surface area contributed by atoms with Crippen LogP contribution in [0.5, 0.6) is 11.5 Å². The first kappa shape index (κ1) is 16.3. The van der Waals surface area contributed by atoms with Crippen molar-refractivity contribution in [3.63, 3.8) is 0 Å². The van der Waals surface area contributed by atoms with Crippen LogP contribution in [0.2, 0.25) is 0 Å². The van der Waals surface area contributed by atoms with Crippen LogP contribution in [-0.4, -0.2) is 22.9 Å². The van der Waals surface area contributed by atoms with Gasteiger partial charge in [-0.3, -0.25) is 10.1 Å². The number of nitrogens with zero attached hydrogens (tertiary/aromatic N) is 2. The standard InChI is InChI=1S/C16H16N2O5/c1-11(13-5-8-15(19)16(9-13)22-2)17-23-10-12-3-6-14(7-4-12)18(20)21/h3-9,19H,10H2,1-2H3/b17-11+. The number of hydrogen-bond acceptors (Lipinski definition) is 6. The van der Waals surface area contributed by atoms with Crippen molar-refractivity contribution in [1.29, 1.82) is 0 Å². The molecule has 0 saturated heterocycles. The average Bonchev–Trinajstić information content (AvgIpc) is 2.55. The topological polar surface area (TPSA) is 94.2 Å². The molecule has 0 aliphatic heterocycles. The molecule has 7 heteroatoms.